The van der Waals surface area contributed by atoms with Gasteiger partial charge in [-0.3, -0.25) is 0 Å². The van der Waals surface area contributed by atoms with Gasteiger partial charge in [0.1, 0.15) is 0 Å². The standard InChI is InChI=1S/C7H11BN/c9-6-2-4-7-3-1-5-8-7/h1,3,5H,2,4,6,9H2. The van der Waals surface area contributed by atoms with Crippen molar-refractivity contribution in [2.24, 2.45) is 5.73 Å². The molecule has 0 atom stereocenters. The molecule has 0 aromatic rings. The topological polar surface area (TPSA) is 26.0 Å². The molecule has 0 spiro atoms. The van der Waals surface area contributed by atoms with Crippen LogP contribution < -0.4 is 5.73 Å². The fourth-order valence-corrected chi connectivity index (χ4v) is 0.887. The highest BCUT2D eigenvalue weighted by Crippen LogP contribution is 2.07. The van der Waals surface area contributed by atoms with Gasteiger partial charge in [-0.25, -0.2) is 0 Å². The van der Waals surface area contributed by atoms with Crippen molar-refractivity contribution in [3.63, 3.8) is 0 Å². The largest absolute Gasteiger partial charge is 0.330 e. The number of rotatable bonds is 3. The summed E-state index contributed by atoms with van der Waals surface area (Å²) < 4.78 is 0. The van der Waals surface area contributed by atoms with E-state index in [1.165, 1.54) is 5.47 Å². The van der Waals surface area contributed by atoms with Crippen LogP contribution in [0, 0.1) is 0 Å². The zero-order chi connectivity index (χ0) is 6.53. The van der Waals surface area contributed by atoms with Crippen LogP contribution in [0.15, 0.2) is 23.6 Å². The molecule has 1 rings (SSSR count). The van der Waals surface area contributed by atoms with E-state index in [-0.39, 0.29) is 0 Å². The molecule has 47 valence electrons. The van der Waals surface area contributed by atoms with Crippen molar-refractivity contribution >= 4 is 7.28 Å². The molecular weight excluding hydrogens is 109 g/mol. The van der Waals surface area contributed by atoms with Gasteiger partial charge in [-0.2, -0.15) is 0 Å². The van der Waals surface area contributed by atoms with Crippen LogP contribution in [0.1, 0.15) is 12.8 Å². The molecule has 0 unspecified atom stereocenters. The van der Waals surface area contributed by atoms with Crippen molar-refractivity contribution in [3.05, 3.63) is 23.6 Å². The lowest BCUT2D eigenvalue weighted by molar-refractivity contribution is 0.846. The molecule has 2 heteroatoms. The van der Waals surface area contributed by atoms with Gasteiger partial charge >= 0.3 is 0 Å². The summed E-state index contributed by atoms with van der Waals surface area (Å²) in [4.78, 5) is 0. The molecule has 9 heavy (non-hydrogen) atoms. The second-order valence-corrected chi connectivity index (χ2v) is 2.19. The first-order valence-electron chi connectivity index (χ1n) is 3.34. The lowest BCUT2D eigenvalue weighted by Gasteiger charge is -1.96. The summed E-state index contributed by atoms with van der Waals surface area (Å²) in [5, 5.41) is 0. The first-order valence-corrected chi connectivity index (χ1v) is 3.34. The van der Waals surface area contributed by atoms with Gasteiger partial charge in [-0.1, -0.05) is 12.2 Å². The van der Waals surface area contributed by atoms with Crippen molar-refractivity contribution in [2.75, 3.05) is 6.54 Å². The minimum atomic E-state index is 0.797. The number of allylic oxidation sites excluding steroid dienone is 3. The van der Waals surface area contributed by atoms with Crippen molar-refractivity contribution in [1.29, 1.82) is 0 Å². The molecular formula is C7H11BN. The first-order chi connectivity index (χ1) is 4.43. The Labute approximate surface area is 56.9 Å². The first kappa shape index (κ1) is 6.62. The van der Waals surface area contributed by atoms with Gasteiger partial charge < -0.3 is 5.73 Å². The SMILES string of the molecule is NCCCC1=CC=C[B]1. The van der Waals surface area contributed by atoms with Crippen LogP contribution in [0.25, 0.3) is 0 Å². The smallest absolute Gasteiger partial charge is 0.175 e. The van der Waals surface area contributed by atoms with E-state index in [9.17, 15) is 0 Å². The molecule has 1 nitrogen and oxygen atoms in total. The van der Waals surface area contributed by atoms with Crippen molar-refractivity contribution in [2.45, 2.75) is 12.8 Å². The van der Waals surface area contributed by atoms with Crippen molar-refractivity contribution < 1.29 is 0 Å². The average molecular weight is 120 g/mol. The number of hydrogen-bond donors (Lipinski definition) is 1. The zero-order valence-electron chi connectivity index (χ0n) is 5.51. The maximum absolute atomic E-state index is 5.35. The van der Waals surface area contributed by atoms with E-state index in [4.69, 9.17) is 5.73 Å². The Morgan fingerprint density at radius 2 is 2.44 bits per heavy atom. The quantitative estimate of drug-likeness (QED) is 0.548. The monoisotopic (exact) mass is 120 g/mol. The van der Waals surface area contributed by atoms with Gasteiger partial charge in [-0.15, -0.1) is 11.4 Å². The van der Waals surface area contributed by atoms with Crippen LogP contribution in [0.4, 0.5) is 0 Å². The summed E-state index contributed by atoms with van der Waals surface area (Å²) >= 11 is 0. The summed E-state index contributed by atoms with van der Waals surface area (Å²) in [6.07, 6.45) is 6.43. The Morgan fingerprint density at radius 1 is 1.56 bits per heavy atom. The molecule has 0 saturated heterocycles. The Morgan fingerprint density at radius 3 is 3.00 bits per heavy atom. The maximum atomic E-state index is 5.35. The van der Waals surface area contributed by atoms with E-state index in [0.717, 1.165) is 19.4 Å². The van der Waals surface area contributed by atoms with Crippen LogP contribution in [-0.4, -0.2) is 13.8 Å². The van der Waals surface area contributed by atoms with Gasteiger partial charge in [0, 0.05) is 0 Å². The molecule has 0 saturated carbocycles. The van der Waals surface area contributed by atoms with E-state index >= 15 is 0 Å². The molecule has 0 aromatic heterocycles. The number of nitrogens with two attached hydrogens (primary N) is 1. The lowest BCUT2D eigenvalue weighted by atomic mass is 9.71. The molecule has 0 bridgehead atoms. The average Bonchev–Trinajstić information content (AvgIpc) is 2.34. The normalized spacial score (nSPS) is 15.4. The summed E-state index contributed by atoms with van der Waals surface area (Å²) in [5.74, 6) is 2.06. The summed E-state index contributed by atoms with van der Waals surface area (Å²) in [6, 6.07) is 0. The Balaban J connectivity index is 2.14. The Hall–Kier alpha value is -0.495. The molecule has 0 aromatic carbocycles. The predicted molar refractivity (Wildman–Crippen MR) is 41.3 cm³/mol. The second kappa shape index (κ2) is 3.52. The van der Waals surface area contributed by atoms with E-state index in [2.05, 4.69) is 25.4 Å². The van der Waals surface area contributed by atoms with Crippen LogP contribution in [0.3, 0.4) is 0 Å². The third-order valence-electron chi connectivity index (χ3n) is 1.40. The highest BCUT2D eigenvalue weighted by atomic mass is 14.5. The second-order valence-electron chi connectivity index (χ2n) is 2.19. The molecule has 0 amide bonds. The maximum Gasteiger partial charge on any atom is 0.175 e. The molecule has 2 N–H and O–H groups in total. The molecule has 1 heterocycles. The third-order valence-corrected chi connectivity index (χ3v) is 1.40. The lowest BCUT2D eigenvalue weighted by Crippen LogP contribution is -2.00. The molecule has 0 fully saturated rings. The molecule has 0 aliphatic carbocycles. The fraction of sp³-hybridized carbons (Fsp3) is 0.429. The van der Waals surface area contributed by atoms with Crippen molar-refractivity contribution in [3.8, 4) is 0 Å². The van der Waals surface area contributed by atoms with Crippen LogP contribution in [0.2, 0.25) is 0 Å². The number of hydrogen-bond acceptors (Lipinski definition) is 1. The highest BCUT2D eigenvalue weighted by Gasteiger charge is 1.98. The summed E-state index contributed by atoms with van der Waals surface area (Å²) in [7, 11) is 2.13. The van der Waals surface area contributed by atoms with Gasteiger partial charge in [-0.05, 0) is 19.4 Å². The highest BCUT2D eigenvalue weighted by molar-refractivity contribution is 6.52. The minimum Gasteiger partial charge on any atom is -0.330 e. The fourth-order valence-electron chi connectivity index (χ4n) is 0.887. The van der Waals surface area contributed by atoms with Crippen LogP contribution in [-0.2, 0) is 0 Å². The molecule has 1 aliphatic rings. The third kappa shape index (κ3) is 2.06. The molecule has 1 radical (unpaired) electrons. The van der Waals surface area contributed by atoms with E-state index < -0.39 is 0 Å². The van der Waals surface area contributed by atoms with E-state index in [1.807, 2.05) is 0 Å². The van der Waals surface area contributed by atoms with E-state index in [0.29, 0.717) is 0 Å². The molecule has 1 aliphatic heterocycles. The van der Waals surface area contributed by atoms with Crippen LogP contribution in [0.5, 0.6) is 0 Å². The summed E-state index contributed by atoms with van der Waals surface area (Å²) in [6.45, 7) is 0.797. The van der Waals surface area contributed by atoms with Gasteiger partial charge in [0.05, 0.1) is 0 Å². The minimum absolute atomic E-state index is 0.797. The zero-order valence-corrected chi connectivity index (χ0v) is 5.51. The van der Waals surface area contributed by atoms with Gasteiger partial charge in [0.25, 0.3) is 0 Å². The Bertz CT molecular complexity index is 138. The summed E-state index contributed by atoms with van der Waals surface area (Å²) in [5.41, 5.74) is 6.75. The van der Waals surface area contributed by atoms with Gasteiger partial charge in [0.15, 0.2) is 7.28 Å². The predicted octanol–water partition coefficient (Wildman–Crippen LogP) is 0.841. The Kier molecular flexibility index (Phi) is 2.59. The van der Waals surface area contributed by atoms with Crippen LogP contribution >= 0.6 is 0 Å². The van der Waals surface area contributed by atoms with E-state index in [1.54, 1.807) is 0 Å². The van der Waals surface area contributed by atoms with Gasteiger partial charge in [0.2, 0.25) is 0 Å². The van der Waals surface area contributed by atoms with Crippen molar-refractivity contribution in [1.82, 2.24) is 0 Å².